The average molecular weight is 549 g/mol. The van der Waals surface area contributed by atoms with Crippen LogP contribution in [0.15, 0.2) is 70.5 Å². The quantitative estimate of drug-likeness (QED) is 0.240. The molecule has 0 saturated heterocycles. The van der Waals surface area contributed by atoms with Gasteiger partial charge in [-0.3, -0.25) is 4.79 Å². The lowest BCUT2D eigenvalue weighted by Gasteiger charge is -2.15. The van der Waals surface area contributed by atoms with E-state index in [0.29, 0.717) is 34.6 Å². The van der Waals surface area contributed by atoms with Crippen molar-refractivity contribution in [1.82, 2.24) is 0 Å². The van der Waals surface area contributed by atoms with Gasteiger partial charge in [0.25, 0.3) is 0 Å². The molecule has 0 unspecified atom stereocenters. The zero-order chi connectivity index (χ0) is 21.1. The first-order valence-electron chi connectivity index (χ1n) is 9.42. The van der Waals surface area contributed by atoms with Gasteiger partial charge in [0.2, 0.25) is 5.78 Å². The Labute approximate surface area is 198 Å². The van der Waals surface area contributed by atoms with E-state index in [1.807, 2.05) is 73.7 Å². The standard InChI is InChI=1S/C24H18ClIO3S/c1-2-28-20-12-15(13-22-23(27)17-8-4-6-10-21(17)30-22)11-19(26)24(20)29-14-16-7-3-5-9-18(16)25/h3-13H,2,14H2,1H3/b22-13-. The van der Waals surface area contributed by atoms with Gasteiger partial charge in [0.05, 0.1) is 15.1 Å². The Morgan fingerprint density at radius 1 is 1.07 bits per heavy atom. The fraction of sp³-hybridized carbons (Fsp3) is 0.125. The van der Waals surface area contributed by atoms with Gasteiger partial charge in [0.15, 0.2) is 11.5 Å². The van der Waals surface area contributed by atoms with Gasteiger partial charge in [0.1, 0.15) is 6.61 Å². The van der Waals surface area contributed by atoms with E-state index in [4.69, 9.17) is 21.1 Å². The van der Waals surface area contributed by atoms with Crippen LogP contribution in [0.1, 0.15) is 28.4 Å². The Morgan fingerprint density at radius 3 is 2.60 bits per heavy atom. The van der Waals surface area contributed by atoms with Crippen LogP contribution in [0.5, 0.6) is 11.5 Å². The third-order valence-corrected chi connectivity index (χ3v) is 6.80. The summed E-state index contributed by atoms with van der Waals surface area (Å²) < 4.78 is 12.8. The predicted octanol–water partition coefficient (Wildman–Crippen LogP) is 7.25. The van der Waals surface area contributed by atoms with Gasteiger partial charge >= 0.3 is 0 Å². The van der Waals surface area contributed by atoms with Gasteiger partial charge in [-0.25, -0.2) is 0 Å². The number of rotatable bonds is 6. The van der Waals surface area contributed by atoms with Crippen LogP contribution >= 0.6 is 46.0 Å². The van der Waals surface area contributed by atoms with Crippen LogP contribution in [0.2, 0.25) is 5.02 Å². The maximum Gasteiger partial charge on any atom is 0.200 e. The number of ketones is 1. The number of allylic oxidation sites excluding steroid dienone is 1. The molecule has 3 aromatic rings. The van der Waals surface area contributed by atoms with E-state index >= 15 is 0 Å². The monoisotopic (exact) mass is 548 g/mol. The summed E-state index contributed by atoms with van der Waals surface area (Å²) >= 11 is 9.98. The molecular formula is C24H18ClIO3S. The molecule has 6 heteroatoms. The van der Waals surface area contributed by atoms with E-state index < -0.39 is 0 Å². The number of carbonyl (C=O) groups excluding carboxylic acids is 1. The maximum absolute atomic E-state index is 12.7. The second-order valence-electron chi connectivity index (χ2n) is 6.58. The van der Waals surface area contributed by atoms with Crippen molar-refractivity contribution in [1.29, 1.82) is 0 Å². The highest BCUT2D eigenvalue weighted by Gasteiger charge is 2.25. The molecule has 0 saturated carbocycles. The minimum Gasteiger partial charge on any atom is -0.490 e. The molecule has 0 aromatic heterocycles. The highest BCUT2D eigenvalue weighted by Crippen LogP contribution is 2.42. The van der Waals surface area contributed by atoms with Crippen molar-refractivity contribution < 1.29 is 14.3 Å². The van der Waals surface area contributed by atoms with Crippen LogP contribution in [0.4, 0.5) is 0 Å². The van der Waals surface area contributed by atoms with Crippen molar-refractivity contribution in [2.24, 2.45) is 0 Å². The third-order valence-electron chi connectivity index (χ3n) is 4.53. The Bertz CT molecular complexity index is 1140. The van der Waals surface area contributed by atoms with Gasteiger partial charge in [-0.1, -0.05) is 53.7 Å². The number of thioether (sulfide) groups is 1. The Hall–Kier alpha value is -1.96. The molecule has 4 rings (SSSR count). The molecule has 3 nitrogen and oxygen atoms in total. The summed E-state index contributed by atoms with van der Waals surface area (Å²) in [4.78, 5) is 14.4. The molecule has 30 heavy (non-hydrogen) atoms. The first-order chi connectivity index (χ1) is 14.6. The molecule has 1 heterocycles. The number of Topliss-reactive ketones (excluding diaryl/α,β-unsaturated/α-hetero) is 1. The van der Waals surface area contributed by atoms with Gasteiger partial charge in [-0.05, 0) is 71.5 Å². The summed E-state index contributed by atoms with van der Waals surface area (Å²) in [7, 11) is 0. The number of fused-ring (bicyclic) bond motifs is 1. The molecule has 0 fully saturated rings. The highest BCUT2D eigenvalue weighted by molar-refractivity contribution is 14.1. The molecule has 152 valence electrons. The number of halogens is 2. The van der Waals surface area contributed by atoms with Crippen molar-refractivity contribution in [3.8, 4) is 11.5 Å². The summed E-state index contributed by atoms with van der Waals surface area (Å²) in [5.74, 6) is 1.38. The van der Waals surface area contributed by atoms with Crippen molar-refractivity contribution in [2.75, 3.05) is 6.61 Å². The summed E-state index contributed by atoms with van der Waals surface area (Å²) in [6.07, 6.45) is 1.91. The summed E-state index contributed by atoms with van der Waals surface area (Å²) in [5, 5.41) is 0.670. The normalized spacial score (nSPS) is 14.1. The summed E-state index contributed by atoms with van der Waals surface area (Å²) in [6, 6.07) is 19.2. The highest BCUT2D eigenvalue weighted by atomic mass is 127. The zero-order valence-electron chi connectivity index (χ0n) is 16.2. The van der Waals surface area contributed by atoms with E-state index in [-0.39, 0.29) is 5.78 Å². The third kappa shape index (κ3) is 4.53. The average Bonchev–Trinajstić information content (AvgIpc) is 3.04. The van der Waals surface area contributed by atoms with E-state index in [0.717, 1.165) is 25.2 Å². The Kier molecular flexibility index (Phi) is 6.71. The number of carbonyl (C=O) groups is 1. The molecule has 0 radical (unpaired) electrons. The number of ether oxygens (including phenoxy) is 2. The molecule has 1 aliphatic rings. The van der Waals surface area contributed by atoms with E-state index in [1.54, 1.807) is 0 Å². The van der Waals surface area contributed by atoms with Crippen LogP contribution in [0.3, 0.4) is 0 Å². The van der Waals surface area contributed by atoms with Crippen molar-refractivity contribution in [3.63, 3.8) is 0 Å². The van der Waals surface area contributed by atoms with Gasteiger partial charge in [-0.2, -0.15) is 0 Å². The zero-order valence-corrected chi connectivity index (χ0v) is 19.9. The number of benzene rings is 3. The van der Waals surface area contributed by atoms with E-state index in [2.05, 4.69) is 22.6 Å². The summed E-state index contributed by atoms with van der Waals surface area (Å²) in [6.45, 7) is 2.79. The predicted molar refractivity (Wildman–Crippen MR) is 131 cm³/mol. The molecular weight excluding hydrogens is 531 g/mol. The minimum absolute atomic E-state index is 0.0580. The van der Waals surface area contributed by atoms with Crippen LogP contribution in [-0.4, -0.2) is 12.4 Å². The minimum atomic E-state index is 0.0580. The Balaban J connectivity index is 1.62. The number of hydrogen-bond acceptors (Lipinski definition) is 4. The molecule has 1 aliphatic heterocycles. The van der Waals surface area contributed by atoms with Crippen molar-refractivity contribution in [3.05, 3.63) is 90.9 Å². The van der Waals surface area contributed by atoms with E-state index in [9.17, 15) is 4.79 Å². The van der Waals surface area contributed by atoms with Crippen LogP contribution < -0.4 is 9.47 Å². The second-order valence-corrected chi connectivity index (χ2v) is 9.23. The molecule has 0 atom stereocenters. The van der Waals surface area contributed by atoms with Crippen LogP contribution in [0, 0.1) is 3.57 Å². The summed E-state index contributed by atoms with van der Waals surface area (Å²) in [5.41, 5.74) is 2.57. The van der Waals surface area contributed by atoms with Gasteiger partial charge < -0.3 is 9.47 Å². The molecule has 0 N–H and O–H groups in total. The van der Waals surface area contributed by atoms with Gasteiger partial charge in [-0.15, -0.1) is 0 Å². The first kappa shape index (κ1) is 21.3. The second kappa shape index (κ2) is 9.45. The van der Waals surface area contributed by atoms with E-state index in [1.165, 1.54) is 11.8 Å². The van der Waals surface area contributed by atoms with Crippen molar-refractivity contribution in [2.45, 2.75) is 18.4 Å². The van der Waals surface area contributed by atoms with Crippen molar-refractivity contribution >= 4 is 57.8 Å². The maximum atomic E-state index is 12.7. The fourth-order valence-corrected chi connectivity index (χ4v) is 5.15. The lowest BCUT2D eigenvalue weighted by Crippen LogP contribution is -2.02. The fourth-order valence-electron chi connectivity index (χ4n) is 3.13. The number of hydrogen-bond donors (Lipinski definition) is 0. The SMILES string of the molecule is CCOc1cc(/C=C2\Sc3ccccc3C2=O)cc(I)c1OCc1ccccc1Cl. The molecule has 0 bridgehead atoms. The van der Waals surface area contributed by atoms with Crippen LogP contribution in [0.25, 0.3) is 6.08 Å². The molecule has 3 aromatic carbocycles. The lowest BCUT2D eigenvalue weighted by molar-refractivity contribution is 0.104. The van der Waals surface area contributed by atoms with Gasteiger partial charge in [0, 0.05) is 21.0 Å². The van der Waals surface area contributed by atoms with Crippen LogP contribution in [-0.2, 0) is 6.61 Å². The molecule has 0 spiro atoms. The largest absolute Gasteiger partial charge is 0.490 e. The topological polar surface area (TPSA) is 35.5 Å². The molecule has 0 aliphatic carbocycles. The first-order valence-corrected chi connectivity index (χ1v) is 11.7. The lowest BCUT2D eigenvalue weighted by atomic mass is 10.1. The smallest absolute Gasteiger partial charge is 0.200 e. The molecule has 0 amide bonds. The Morgan fingerprint density at radius 2 is 1.83 bits per heavy atom.